The van der Waals surface area contributed by atoms with Crippen LogP contribution < -0.4 is 10.1 Å². The summed E-state index contributed by atoms with van der Waals surface area (Å²) < 4.78 is 5.77. The number of carbonyl (C=O) groups is 1. The van der Waals surface area contributed by atoms with Crippen LogP contribution in [-0.4, -0.2) is 15.9 Å². The number of amides is 1. The fourth-order valence-electron chi connectivity index (χ4n) is 2.28. The van der Waals surface area contributed by atoms with E-state index in [0.29, 0.717) is 18.1 Å². The van der Waals surface area contributed by atoms with Crippen LogP contribution in [0.3, 0.4) is 0 Å². The van der Waals surface area contributed by atoms with Gasteiger partial charge in [-0.15, -0.1) is 0 Å². The Kier molecular flexibility index (Phi) is 3.10. The summed E-state index contributed by atoms with van der Waals surface area (Å²) in [4.78, 5) is 19.8. The van der Waals surface area contributed by atoms with Gasteiger partial charge in [-0.1, -0.05) is 0 Å². The summed E-state index contributed by atoms with van der Waals surface area (Å²) in [5, 5.41) is 2.85. The molecule has 0 unspecified atom stereocenters. The van der Waals surface area contributed by atoms with Crippen molar-refractivity contribution < 1.29 is 9.53 Å². The molecular weight excluding hydrogens is 254 g/mol. The van der Waals surface area contributed by atoms with Crippen LogP contribution in [0.15, 0.2) is 24.3 Å². The highest BCUT2D eigenvalue weighted by Gasteiger charge is 2.15. The van der Waals surface area contributed by atoms with Crippen molar-refractivity contribution in [1.82, 2.24) is 9.97 Å². The zero-order chi connectivity index (χ0) is 14.1. The summed E-state index contributed by atoms with van der Waals surface area (Å²) in [5.41, 5.74) is 2.82. The third-order valence-corrected chi connectivity index (χ3v) is 3.14. The third-order valence-electron chi connectivity index (χ3n) is 3.14. The first-order valence-electron chi connectivity index (χ1n) is 6.53. The molecule has 0 bridgehead atoms. The van der Waals surface area contributed by atoms with Crippen molar-refractivity contribution in [2.45, 2.75) is 26.7 Å². The molecule has 0 radical (unpaired) electrons. The molecule has 1 aromatic carbocycles. The first kappa shape index (κ1) is 12.6. The lowest BCUT2D eigenvalue weighted by atomic mass is 10.0. The van der Waals surface area contributed by atoms with Gasteiger partial charge in [0.05, 0.1) is 0 Å². The van der Waals surface area contributed by atoms with E-state index in [1.54, 1.807) is 6.07 Å². The predicted octanol–water partition coefficient (Wildman–Crippen LogP) is 2.77. The average Bonchev–Trinajstić information content (AvgIpc) is 2.38. The van der Waals surface area contributed by atoms with Crippen LogP contribution in [0, 0.1) is 13.8 Å². The summed E-state index contributed by atoms with van der Waals surface area (Å²) in [6.07, 6.45) is 1.25. The summed E-state index contributed by atoms with van der Waals surface area (Å²) in [5.74, 6) is 2.01. The Balaban J connectivity index is 1.86. The van der Waals surface area contributed by atoms with Crippen LogP contribution >= 0.6 is 0 Å². The van der Waals surface area contributed by atoms with Gasteiger partial charge >= 0.3 is 0 Å². The summed E-state index contributed by atoms with van der Waals surface area (Å²) >= 11 is 0. The Morgan fingerprint density at radius 1 is 1.15 bits per heavy atom. The Morgan fingerprint density at radius 3 is 2.80 bits per heavy atom. The maximum Gasteiger partial charge on any atom is 0.224 e. The Hall–Kier alpha value is -2.43. The predicted molar refractivity (Wildman–Crippen MR) is 75.0 cm³/mol. The molecule has 3 rings (SSSR count). The van der Waals surface area contributed by atoms with Gasteiger partial charge in [-0.25, -0.2) is 4.98 Å². The number of aromatic nitrogens is 2. The number of hydrogen-bond donors (Lipinski definition) is 1. The van der Waals surface area contributed by atoms with E-state index in [4.69, 9.17) is 4.74 Å². The second-order valence-corrected chi connectivity index (χ2v) is 4.86. The van der Waals surface area contributed by atoms with E-state index in [2.05, 4.69) is 15.3 Å². The van der Waals surface area contributed by atoms with Gasteiger partial charge in [0, 0.05) is 23.9 Å². The summed E-state index contributed by atoms with van der Waals surface area (Å²) in [6, 6.07) is 7.44. The number of hydrogen-bond acceptors (Lipinski definition) is 4. The number of nitrogens with one attached hydrogen (secondary N) is 1. The molecule has 1 amide bonds. The van der Waals surface area contributed by atoms with Crippen molar-refractivity contribution in [3.05, 3.63) is 41.3 Å². The molecule has 1 N–H and O–H groups in total. The maximum absolute atomic E-state index is 11.3. The molecule has 20 heavy (non-hydrogen) atoms. The summed E-state index contributed by atoms with van der Waals surface area (Å²) in [6.45, 7) is 3.74. The lowest BCUT2D eigenvalue weighted by molar-refractivity contribution is -0.116. The number of fused-ring (bicyclic) bond motifs is 1. The summed E-state index contributed by atoms with van der Waals surface area (Å²) in [7, 11) is 0. The fourth-order valence-corrected chi connectivity index (χ4v) is 2.28. The van der Waals surface area contributed by atoms with Crippen LogP contribution in [0.2, 0.25) is 0 Å². The molecule has 0 saturated carbocycles. The van der Waals surface area contributed by atoms with Crippen molar-refractivity contribution in [3.8, 4) is 11.6 Å². The van der Waals surface area contributed by atoms with Crippen molar-refractivity contribution in [2.75, 3.05) is 5.32 Å². The molecule has 2 heterocycles. The van der Waals surface area contributed by atoms with Gasteiger partial charge in [-0.2, -0.15) is 4.98 Å². The smallest absolute Gasteiger partial charge is 0.224 e. The molecule has 0 saturated heterocycles. The zero-order valence-electron chi connectivity index (χ0n) is 11.4. The van der Waals surface area contributed by atoms with E-state index >= 15 is 0 Å². The van der Waals surface area contributed by atoms with E-state index in [1.807, 2.05) is 32.0 Å². The molecule has 0 fully saturated rings. The normalized spacial score (nSPS) is 13.6. The highest BCUT2D eigenvalue weighted by atomic mass is 16.5. The molecule has 2 aromatic rings. The standard InChI is InChI=1S/C15H15N3O2/c1-9-7-15(17-10(2)16-9)20-12-4-5-13-11(8-12)3-6-14(19)18-13/h4-5,7-8H,3,6H2,1-2H3,(H,18,19). The zero-order valence-corrected chi connectivity index (χ0v) is 11.4. The first-order chi connectivity index (χ1) is 9.60. The third kappa shape index (κ3) is 2.61. The van der Waals surface area contributed by atoms with Gasteiger partial charge in [-0.05, 0) is 44.0 Å². The number of anilines is 1. The van der Waals surface area contributed by atoms with Gasteiger partial charge in [0.1, 0.15) is 11.6 Å². The second kappa shape index (κ2) is 4.92. The van der Waals surface area contributed by atoms with Crippen LogP contribution in [0.25, 0.3) is 0 Å². The molecule has 0 atom stereocenters. The molecule has 1 aromatic heterocycles. The molecule has 5 nitrogen and oxygen atoms in total. The van der Waals surface area contributed by atoms with E-state index in [9.17, 15) is 4.79 Å². The minimum atomic E-state index is 0.0632. The van der Waals surface area contributed by atoms with Crippen LogP contribution in [0.5, 0.6) is 11.6 Å². The Morgan fingerprint density at radius 2 is 2.00 bits per heavy atom. The fraction of sp³-hybridized carbons (Fsp3) is 0.267. The second-order valence-electron chi connectivity index (χ2n) is 4.86. The minimum Gasteiger partial charge on any atom is -0.439 e. The van der Waals surface area contributed by atoms with Gasteiger partial charge < -0.3 is 10.1 Å². The number of nitrogens with zero attached hydrogens (tertiary/aromatic N) is 2. The van der Waals surface area contributed by atoms with Crippen molar-refractivity contribution in [2.24, 2.45) is 0 Å². The minimum absolute atomic E-state index is 0.0632. The monoisotopic (exact) mass is 269 g/mol. The van der Waals surface area contributed by atoms with Crippen LogP contribution in [-0.2, 0) is 11.2 Å². The molecular formula is C15H15N3O2. The average molecular weight is 269 g/mol. The molecule has 0 aliphatic carbocycles. The number of carbonyl (C=O) groups excluding carboxylic acids is 1. The molecule has 1 aliphatic heterocycles. The molecule has 1 aliphatic rings. The maximum atomic E-state index is 11.3. The van der Waals surface area contributed by atoms with Gasteiger partial charge in [0.25, 0.3) is 0 Å². The van der Waals surface area contributed by atoms with Gasteiger partial charge in [0.15, 0.2) is 0 Å². The molecule has 102 valence electrons. The van der Waals surface area contributed by atoms with Crippen LogP contribution in [0.1, 0.15) is 23.5 Å². The number of benzene rings is 1. The van der Waals surface area contributed by atoms with Crippen molar-refractivity contribution >= 4 is 11.6 Å². The quantitative estimate of drug-likeness (QED) is 0.910. The SMILES string of the molecule is Cc1cc(Oc2ccc3c(c2)CCC(=O)N3)nc(C)n1. The molecule has 5 heteroatoms. The number of aryl methyl sites for hydroxylation is 3. The molecule has 0 spiro atoms. The number of ether oxygens (including phenoxy) is 1. The van der Waals surface area contributed by atoms with Gasteiger partial charge in [-0.3, -0.25) is 4.79 Å². The van der Waals surface area contributed by atoms with E-state index < -0.39 is 0 Å². The Labute approximate surface area is 117 Å². The van der Waals surface area contributed by atoms with Crippen LogP contribution in [0.4, 0.5) is 5.69 Å². The topological polar surface area (TPSA) is 64.1 Å². The first-order valence-corrected chi connectivity index (χ1v) is 6.53. The van der Waals surface area contributed by atoms with E-state index in [-0.39, 0.29) is 5.91 Å². The van der Waals surface area contributed by atoms with E-state index in [1.165, 1.54) is 0 Å². The highest BCUT2D eigenvalue weighted by molar-refractivity contribution is 5.94. The Bertz CT molecular complexity index is 663. The number of rotatable bonds is 2. The van der Waals surface area contributed by atoms with E-state index in [0.717, 1.165) is 29.1 Å². The lowest BCUT2D eigenvalue weighted by Gasteiger charge is -2.17. The van der Waals surface area contributed by atoms with Crippen molar-refractivity contribution in [3.63, 3.8) is 0 Å². The van der Waals surface area contributed by atoms with Crippen molar-refractivity contribution in [1.29, 1.82) is 0 Å². The largest absolute Gasteiger partial charge is 0.439 e. The highest BCUT2D eigenvalue weighted by Crippen LogP contribution is 2.29. The van der Waals surface area contributed by atoms with Gasteiger partial charge in [0.2, 0.25) is 11.8 Å². The lowest BCUT2D eigenvalue weighted by Crippen LogP contribution is -2.18.